The summed E-state index contributed by atoms with van der Waals surface area (Å²) in [5, 5.41) is 13.8. The summed E-state index contributed by atoms with van der Waals surface area (Å²) in [5.41, 5.74) is -0.220. The average Bonchev–Trinajstić information content (AvgIpc) is 2.70. The standard InChI is InChI=1S/C16H27N3O2/c1-15(2,3)14-17-12(19(4)18-14)10-16(11-13(20)21)8-6-5-7-9-16/h5-11H2,1-4H3,(H,20,21). The first-order chi connectivity index (χ1) is 9.72. The van der Waals surface area contributed by atoms with Crippen LogP contribution in [0.3, 0.4) is 0 Å². The molecule has 1 aliphatic rings. The van der Waals surface area contributed by atoms with Crippen molar-refractivity contribution in [1.82, 2.24) is 14.8 Å². The molecule has 1 heterocycles. The number of carbonyl (C=O) groups is 1. The Labute approximate surface area is 126 Å². The van der Waals surface area contributed by atoms with Crippen molar-refractivity contribution in [2.45, 2.75) is 71.1 Å². The topological polar surface area (TPSA) is 68.0 Å². The van der Waals surface area contributed by atoms with Crippen LogP contribution in [-0.4, -0.2) is 25.8 Å². The number of aromatic nitrogens is 3. The molecule has 0 bridgehead atoms. The first-order valence-corrected chi connectivity index (χ1v) is 7.84. The molecule has 0 aromatic carbocycles. The van der Waals surface area contributed by atoms with Crippen LogP contribution in [0.1, 0.15) is 70.9 Å². The monoisotopic (exact) mass is 293 g/mol. The van der Waals surface area contributed by atoms with Gasteiger partial charge < -0.3 is 5.11 Å². The van der Waals surface area contributed by atoms with E-state index in [-0.39, 0.29) is 17.3 Å². The zero-order valence-corrected chi connectivity index (χ0v) is 13.6. The number of aliphatic carboxylic acids is 1. The summed E-state index contributed by atoms with van der Waals surface area (Å²) in [6.45, 7) is 6.29. The third kappa shape index (κ3) is 3.83. The predicted octanol–water partition coefficient (Wildman–Crippen LogP) is 3.08. The lowest BCUT2D eigenvalue weighted by Crippen LogP contribution is -2.31. The molecule has 5 nitrogen and oxygen atoms in total. The third-order valence-corrected chi connectivity index (χ3v) is 4.50. The molecule has 0 atom stereocenters. The lowest BCUT2D eigenvalue weighted by atomic mass is 9.69. The summed E-state index contributed by atoms with van der Waals surface area (Å²) >= 11 is 0. The highest BCUT2D eigenvalue weighted by Gasteiger charge is 2.36. The normalized spacial score (nSPS) is 18.7. The maximum atomic E-state index is 11.3. The van der Waals surface area contributed by atoms with Crippen molar-refractivity contribution in [2.24, 2.45) is 12.5 Å². The second-order valence-corrected chi connectivity index (χ2v) is 7.53. The lowest BCUT2D eigenvalue weighted by Gasteiger charge is -2.35. The molecular weight excluding hydrogens is 266 g/mol. The first-order valence-electron chi connectivity index (χ1n) is 7.84. The Morgan fingerprint density at radius 1 is 1.29 bits per heavy atom. The molecule has 0 amide bonds. The van der Waals surface area contributed by atoms with E-state index in [0.29, 0.717) is 0 Å². The fraction of sp³-hybridized carbons (Fsp3) is 0.812. The van der Waals surface area contributed by atoms with Gasteiger partial charge in [0.1, 0.15) is 5.82 Å². The SMILES string of the molecule is Cn1nc(C(C)(C)C)nc1CC1(CC(=O)O)CCCCC1. The lowest BCUT2D eigenvalue weighted by molar-refractivity contribution is -0.140. The Morgan fingerprint density at radius 3 is 2.38 bits per heavy atom. The predicted molar refractivity (Wildman–Crippen MR) is 81.2 cm³/mol. The van der Waals surface area contributed by atoms with E-state index in [1.54, 1.807) is 0 Å². The summed E-state index contributed by atoms with van der Waals surface area (Å²) in [7, 11) is 1.91. The van der Waals surface area contributed by atoms with Crippen LogP contribution in [0.4, 0.5) is 0 Å². The summed E-state index contributed by atoms with van der Waals surface area (Å²) in [6, 6.07) is 0. The molecule has 1 aromatic heterocycles. The molecule has 1 N–H and O–H groups in total. The van der Waals surface area contributed by atoms with E-state index < -0.39 is 5.97 Å². The summed E-state index contributed by atoms with van der Waals surface area (Å²) < 4.78 is 1.83. The van der Waals surface area contributed by atoms with Gasteiger partial charge in [-0.3, -0.25) is 9.48 Å². The minimum Gasteiger partial charge on any atom is -0.481 e. The highest BCUT2D eigenvalue weighted by molar-refractivity contribution is 5.67. The van der Waals surface area contributed by atoms with Crippen molar-refractivity contribution < 1.29 is 9.90 Å². The van der Waals surface area contributed by atoms with E-state index >= 15 is 0 Å². The summed E-state index contributed by atoms with van der Waals surface area (Å²) in [5.74, 6) is 1.06. The van der Waals surface area contributed by atoms with E-state index in [2.05, 4.69) is 30.9 Å². The first kappa shape index (κ1) is 16.0. The summed E-state index contributed by atoms with van der Waals surface area (Å²) in [4.78, 5) is 16.0. The Balaban J connectivity index is 2.24. The molecule has 21 heavy (non-hydrogen) atoms. The highest BCUT2D eigenvalue weighted by atomic mass is 16.4. The van der Waals surface area contributed by atoms with Crippen LogP contribution in [0, 0.1) is 5.41 Å². The maximum Gasteiger partial charge on any atom is 0.303 e. The van der Waals surface area contributed by atoms with Gasteiger partial charge in [0.05, 0.1) is 6.42 Å². The molecule has 0 aliphatic heterocycles. The van der Waals surface area contributed by atoms with Crippen LogP contribution in [0.5, 0.6) is 0 Å². The minimum atomic E-state index is -0.699. The molecule has 1 aromatic rings. The Kier molecular flexibility index (Phi) is 4.40. The smallest absolute Gasteiger partial charge is 0.303 e. The fourth-order valence-corrected chi connectivity index (χ4v) is 3.26. The van der Waals surface area contributed by atoms with Gasteiger partial charge in [0, 0.05) is 18.9 Å². The number of hydrogen-bond donors (Lipinski definition) is 1. The second kappa shape index (κ2) is 5.78. The van der Waals surface area contributed by atoms with Crippen LogP contribution in [-0.2, 0) is 23.7 Å². The van der Waals surface area contributed by atoms with Gasteiger partial charge in [-0.25, -0.2) is 4.98 Å². The largest absolute Gasteiger partial charge is 0.481 e. The van der Waals surface area contributed by atoms with Crippen LogP contribution in [0.15, 0.2) is 0 Å². The number of aryl methyl sites for hydroxylation is 1. The third-order valence-electron chi connectivity index (χ3n) is 4.50. The van der Waals surface area contributed by atoms with Gasteiger partial charge in [-0.1, -0.05) is 40.0 Å². The maximum absolute atomic E-state index is 11.3. The van der Waals surface area contributed by atoms with Crippen LogP contribution < -0.4 is 0 Å². The average molecular weight is 293 g/mol. The zero-order valence-electron chi connectivity index (χ0n) is 13.6. The molecule has 0 unspecified atom stereocenters. The van der Waals surface area contributed by atoms with Crippen molar-refractivity contribution in [2.75, 3.05) is 0 Å². The molecule has 1 aliphatic carbocycles. The van der Waals surface area contributed by atoms with Gasteiger partial charge in [0.2, 0.25) is 0 Å². The number of carboxylic acids is 1. The molecule has 1 saturated carbocycles. The van der Waals surface area contributed by atoms with Gasteiger partial charge in [0.15, 0.2) is 5.82 Å². The number of nitrogens with zero attached hydrogens (tertiary/aromatic N) is 3. The van der Waals surface area contributed by atoms with Crippen molar-refractivity contribution in [1.29, 1.82) is 0 Å². The van der Waals surface area contributed by atoms with E-state index in [0.717, 1.165) is 43.8 Å². The fourth-order valence-electron chi connectivity index (χ4n) is 3.26. The van der Waals surface area contributed by atoms with Gasteiger partial charge in [-0.2, -0.15) is 5.10 Å². The van der Waals surface area contributed by atoms with Gasteiger partial charge >= 0.3 is 5.97 Å². The molecule has 1 fully saturated rings. The number of hydrogen-bond acceptors (Lipinski definition) is 3. The van der Waals surface area contributed by atoms with Gasteiger partial charge in [-0.05, 0) is 18.3 Å². The number of rotatable bonds is 4. The second-order valence-electron chi connectivity index (χ2n) is 7.53. The van der Waals surface area contributed by atoms with Crippen molar-refractivity contribution in [3.63, 3.8) is 0 Å². The molecule has 0 saturated heterocycles. The summed E-state index contributed by atoms with van der Waals surface area (Å²) in [6.07, 6.45) is 6.39. The quantitative estimate of drug-likeness (QED) is 0.926. The van der Waals surface area contributed by atoms with Crippen LogP contribution >= 0.6 is 0 Å². The van der Waals surface area contributed by atoms with E-state index in [1.165, 1.54) is 6.42 Å². The van der Waals surface area contributed by atoms with E-state index in [4.69, 9.17) is 0 Å². The molecule has 0 radical (unpaired) electrons. The van der Waals surface area contributed by atoms with Gasteiger partial charge in [-0.15, -0.1) is 0 Å². The Morgan fingerprint density at radius 2 is 1.90 bits per heavy atom. The molecule has 2 rings (SSSR count). The van der Waals surface area contributed by atoms with Crippen molar-refractivity contribution >= 4 is 5.97 Å². The number of carboxylic acid groups (broad SMARTS) is 1. The molecular formula is C16H27N3O2. The minimum absolute atomic E-state index is 0.0808. The van der Waals surface area contributed by atoms with Crippen LogP contribution in [0.2, 0.25) is 0 Å². The molecule has 118 valence electrons. The van der Waals surface area contributed by atoms with Gasteiger partial charge in [0.25, 0.3) is 0 Å². The van der Waals surface area contributed by atoms with Crippen molar-refractivity contribution in [3.8, 4) is 0 Å². The van der Waals surface area contributed by atoms with E-state index in [1.807, 2.05) is 11.7 Å². The van der Waals surface area contributed by atoms with Crippen LogP contribution in [0.25, 0.3) is 0 Å². The zero-order chi connectivity index (χ0) is 15.7. The Hall–Kier alpha value is -1.39. The van der Waals surface area contributed by atoms with E-state index in [9.17, 15) is 9.90 Å². The molecule has 5 heteroatoms. The molecule has 0 spiro atoms. The Bertz CT molecular complexity index is 508. The van der Waals surface area contributed by atoms with Crippen molar-refractivity contribution in [3.05, 3.63) is 11.6 Å². The highest BCUT2D eigenvalue weighted by Crippen LogP contribution is 2.42.